The van der Waals surface area contributed by atoms with Crippen molar-refractivity contribution < 1.29 is 9.53 Å². The van der Waals surface area contributed by atoms with Gasteiger partial charge in [0, 0.05) is 0 Å². The lowest BCUT2D eigenvalue weighted by Gasteiger charge is -2.18. The van der Waals surface area contributed by atoms with Gasteiger partial charge in [-0.1, -0.05) is 43.3 Å². The van der Waals surface area contributed by atoms with Crippen molar-refractivity contribution in [3.05, 3.63) is 72.3 Å². The molecule has 0 spiro atoms. The fourth-order valence-corrected chi connectivity index (χ4v) is 2.76. The molecule has 3 rings (SSSR count). The Hall–Kier alpha value is -3.15. The van der Waals surface area contributed by atoms with E-state index in [1.54, 1.807) is 17.2 Å². The molecule has 0 fully saturated rings. The van der Waals surface area contributed by atoms with E-state index in [1.165, 1.54) is 0 Å². The van der Waals surface area contributed by atoms with Crippen LogP contribution in [0.5, 0.6) is 5.75 Å². The molecule has 1 aromatic heterocycles. The highest BCUT2D eigenvalue weighted by Gasteiger charge is 2.14. The number of aryl methyl sites for hydroxylation is 1. The molecule has 6 nitrogen and oxygen atoms in total. The first-order valence-electron chi connectivity index (χ1n) is 8.60. The molecule has 0 bridgehead atoms. The lowest BCUT2D eigenvalue weighted by atomic mass is 10.0. The van der Waals surface area contributed by atoms with Crippen molar-refractivity contribution >= 4 is 5.91 Å². The third-order valence-corrected chi connectivity index (χ3v) is 4.12. The van der Waals surface area contributed by atoms with Crippen molar-refractivity contribution in [3.8, 4) is 11.4 Å². The van der Waals surface area contributed by atoms with Crippen LogP contribution in [0.25, 0.3) is 5.69 Å². The molecule has 1 N–H and O–H groups in total. The summed E-state index contributed by atoms with van der Waals surface area (Å²) in [4.78, 5) is 12.4. The number of carbonyl (C=O) groups excluding carboxylic acids is 1. The topological polar surface area (TPSA) is 69.0 Å². The third-order valence-electron chi connectivity index (χ3n) is 4.12. The van der Waals surface area contributed by atoms with Crippen LogP contribution in [0, 0.1) is 6.92 Å². The number of hydrogen-bond donors (Lipinski definition) is 1. The summed E-state index contributed by atoms with van der Waals surface area (Å²) in [5, 5.41) is 10.7. The fraction of sp³-hybridized carbons (Fsp3) is 0.250. The molecule has 2 aromatic carbocycles. The Labute approximate surface area is 152 Å². The van der Waals surface area contributed by atoms with Crippen LogP contribution in [-0.4, -0.2) is 27.3 Å². The summed E-state index contributed by atoms with van der Waals surface area (Å²) in [7, 11) is 0. The zero-order valence-electron chi connectivity index (χ0n) is 14.9. The molecule has 0 saturated heterocycles. The van der Waals surface area contributed by atoms with Gasteiger partial charge in [0.25, 0.3) is 5.91 Å². The van der Waals surface area contributed by atoms with E-state index < -0.39 is 0 Å². The van der Waals surface area contributed by atoms with Crippen LogP contribution in [0.4, 0.5) is 0 Å². The van der Waals surface area contributed by atoms with Crippen molar-refractivity contribution in [3.63, 3.8) is 0 Å². The van der Waals surface area contributed by atoms with Gasteiger partial charge in [0.15, 0.2) is 6.61 Å². The highest BCUT2D eigenvalue weighted by Crippen LogP contribution is 2.24. The van der Waals surface area contributed by atoms with Gasteiger partial charge in [-0.3, -0.25) is 9.36 Å². The second kappa shape index (κ2) is 8.29. The molecule has 1 unspecified atom stereocenters. The van der Waals surface area contributed by atoms with E-state index in [0.29, 0.717) is 5.75 Å². The summed E-state index contributed by atoms with van der Waals surface area (Å²) in [6.45, 7) is 3.99. The Morgan fingerprint density at radius 2 is 1.88 bits per heavy atom. The number of rotatable bonds is 7. The number of aromatic nitrogens is 3. The number of nitrogens with one attached hydrogen (secondary N) is 1. The third kappa shape index (κ3) is 4.27. The molecule has 1 atom stereocenters. The molecule has 0 saturated carbocycles. The molecular formula is C20H22N4O2. The van der Waals surface area contributed by atoms with Crippen LogP contribution in [0.2, 0.25) is 0 Å². The molecule has 0 aliphatic heterocycles. The molecule has 1 heterocycles. The van der Waals surface area contributed by atoms with Crippen molar-refractivity contribution in [1.82, 2.24) is 20.1 Å². The molecule has 1 amide bonds. The standard InChI is InChI=1S/C20H22N4O2/c1-3-17(16-7-5-4-6-8-16)23-20(25)12-26-19-10-9-15(2)11-18(19)24-13-21-22-14-24/h4-11,13-14,17H,3,12H2,1-2H3,(H,23,25). The summed E-state index contributed by atoms with van der Waals surface area (Å²) in [5.41, 5.74) is 2.97. The minimum Gasteiger partial charge on any atom is -0.482 e. The zero-order chi connectivity index (χ0) is 18.4. The van der Waals surface area contributed by atoms with Gasteiger partial charge in [0.05, 0.1) is 11.7 Å². The Morgan fingerprint density at radius 1 is 1.15 bits per heavy atom. The summed E-state index contributed by atoms with van der Waals surface area (Å²) in [6, 6.07) is 15.7. The minimum absolute atomic E-state index is 0.0253. The fourth-order valence-electron chi connectivity index (χ4n) is 2.76. The van der Waals surface area contributed by atoms with Gasteiger partial charge in [-0.2, -0.15) is 0 Å². The normalized spacial score (nSPS) is 11.8. The Morgan fingerprint density at radius 3 is 2.58 bits per heavy atom. The van der Waals surface area contributed by atoms with Gasteiger partial charge in [-0.05, 0) is 36.6 Å². The van der Waals surface area contributed by atoms with E-state index in [2.05, 4.69) is 15.5 Å². The van der Waals surface area contributed by atoms with Crippen LogP contribution < -0.4 is 10.1 Å². The molecule has 0 radical (unpaired) electrons. The van der Waals surface area contributed by atoms with E-state index in [-0.39, 0.29) is 18.6 Å². The lowest BCUT2D eigenvalue weighted by Crippen LogP contribution is -2.32. The SMILES string of the molecule is CCC(NC(=O)COc1ccc(C)cc1-n1cnnc1)c1ccccc1. The maximum atomic E-state index is 12.4. The van der Waals surface area contributed by atoms with E-state index in [0.717, 1.165) is 23.2 Å². The number of ether oxygens (including phenoxy) is 1. The van der Waals surface area contributed by atoms with Gasteiger partial charge in [0.2, 0.25) is 0 Å². The number of hydrogen-bond acceptors (Lipinski definition) is 4. The van der Waals surface area contributed by atoms with E-state index in [1.807, 2.05) is 62.4 Å². The minimum atomic E-state index is -0.156. The largest absolute Gasteiger partial charge is 0.482 e. The quantitative estimate of drug-likeness (QED) is 0.710. The molecule has 0 aliphatic rings. The average molecular weight is 350 g/mol. The first kappa shape index (κ1) is 17.7. The molecule has 6 heteroatoms. The number of nitrogens with zero attached hydrogens (tertiary/aromatic N) is 3. The first-order chi connectivity index (χ1) is 12.7. The van der Waals surface area contributed by atoms with Gasteiger partial charge >= 0.3 is 0 Å². The van der Waals surface area contributed by atoms with Crippen molar-refractivity contribution in [2.24, 2.45) is 0 Å². The number of amides is 1. The second-order valence-electron chi connectivity index (χ2n) is 6.07. The predicted octanol–water partition coefficient (Wildman–Crippen LogP) is 3.22. The lowest BCUT2D eigenvalue weighted by molar-refractivity contribution is -0.123. The number of benzene rings is 2. The maximum absolute atomic E-state index is 12.4. The molecule has 3 aromatic rings. The summed E-state index contributed by atoms with van der Waals surface area (Å²) in [5.74, 6) is 0.453. The van der Waals surface area contributed by atoms with Crippen LogP contribution in [0.1, 0.15) is 30.5 Å². The van der Waals surface area contributed by atoms with Gasteiger partial charge in [-0.25, -0.2) is 0 Å². The van der Waals surface area contributed by atoms with E-state index in [9.17, 15) is 4.79 Å². The van der Waals surface area contributed by atoms with Crippen LogP contribution >= 0.6 is 0 Å². The zero-order valence-corrected chi connectivity index (χ0v) is 14.9. The van der Waals surface area contributed by atoms with Gasteiger partial charge in [0.1, 0.15) is 18.4 Å². The van der Waals surface area contributed by atoms with Crippen LogP contribution in [0.3, 0.4) is 0 Å². The van der Waals surface area contributed by atoms with Crippen molar-refractivity contribution in [2.75, 3.05) is 6.61 Å². The smallest absolute Gasteiger partial charge is 0.258 e. The molecule has 134 valence electrons. The van der Waals surface area contributed by atoms with E-state index in [4.69, 9.17) is 4.74 Å². The van der Waals surface area contributed by atoms with E-state index >= 15 is 0 Å². The first-order valence-corrected chi connectivity index (χ1v) is 8.60. The maximum Gasteiger partial charge on any atom is 0.258 e. The molecule has 26 heavy (non-hydrogen) atoms. The van der Waals surface area contributed by atoms with Gasteiger partial charge in [-0.15, -0.1) is 10.2 Å². The highest BCUT2D eigenvalue weighted by atomic mass is 16.5. The highest BCUT2D eigenvalue weighted by molar-refractivity contribution is 5.78. The predicted molar refractivity (Wildman–Crippen MR) is 99.2 cm³/mol. The molecular weight excluding hydrogens is 328 g/mol. The van der Waals surface area contributed by atoms with Crippen molar-refractivity contribution in [2.45, 2.75) is 26.3 Å². The van der Waals surface area contributed by atoms with Crippen LogP contribution in [0.15, 0.2) is 61.2 Å². The summed E-state index contributed by atoms with van der Waals surface area (Å²) >= 11 is 0. The van der Waals surface area contributed by atoms with Crippen molar-refractivity contribution in [1.29, 1.82) is 0 Å². The monoisotopic (exact) mass is 350 g/mol. The average Bonchev–Trinajstić information content (AvgIpc) is 3.20. The Balaban J connectivity index is 1.66. The summed E-state index contributed by atoms with van der Waals surface area (Å²) < 4.78 is 7.53. The molecule has 0 aliphatic carbocycles. The Bertz CT molecular complexity index is 848. The Kier molecular flexibility index (Phi) is 5.63. The number of carbonyl (C=O) groups is 1. The summed E-state index contributed by atoms with van der Waals surface area (Å²) in [6.07, 6.45) is 4.01. The van der Waals surface area contributed by atoms with Crippen LogP contribution in [-0.2, 0) is 4.79 Å². The second-order valence-corrected chi connectivity index (χ2v) is 6.07. The van der Waals surface area contributed by atoms with Gasteiger partial charge < -0.3 is 10.1 Å².